The second kappa shape index (κ2) is 8.18. The molecule has 3 unspecified atom stereocenters. The standard InChI is InChI=1S/C15H18Cl3NO4/c1-3-15(18,6-8(2)16)7-10(17)9-4-11(13(20)21)19-12(5-9)14(22)23/h4-5,8,10H,3,6-7H2,1-2H3,(H,20,21)(H,22,23). The van der Waals surface area contributed by atoms with Crippen LogP contribution in [0.25, 0.3) is 0 Å². The van der Waals surface area contributed by atoms with Crippen molar-refractivity contribution in [1.82, 2.24) is 4.98 Å². The summed E-state index contributed by atoms with van der Waals surface area (Å²) in [6.07, 6.45) is 1.47. The van der Waals surface area contributed by atoms with E-state index in [-0.39, 0.29) is 16.8 Å². The molecule has 1 aromatic rings. The first-order valence-corrected chi connectivity index (χ1v) is 8.28. The van der Waals surface area contributed by atoms with Gasteiger partial charge in [0.2, 0.25) is 0 Å². The van der Waals surface area contributed by atoms with E-state index in [0.717, 1.165) is 0 Å². The maximum atomic E-state index is 11.1. The zero-order valence-electron chi connectivity index (χ0n) is 12.7. The summed E-state index contributed by atoms with van der Waals surface area (Å²) < 4.78 is 0. The van der Waals surface area contributed by atoms with Gasteiger partial charge in [-0.15, -0.1) is 34.8 Å². The molecule has 8 heteroatoms. The molecule has 0 fully saturated rings. The Hall–Kier alpha value is -1.04. The number of aromatic carboxylic acids is 2. The molecule has 1 rings (SSSR count). The van der Waals surface area contributed by atoms with E-state index in [4.69, 9.17) is 45.0 Å². The van der Waals surface area contributed by atoms with Crippen molar-refractivity contribution < 1.29 is 19.8 Å². The summed E-state index contributed by atoms with van der Waals surface area (Å²) in [5.41, 5.74) is -0.377. The largest absolute Gasteiger partial charge is 0.477 e. The van der Waals surface area contributed by atoms with Crippen LogP contribution in [0.4, 0.5) is 0 Å². The molecule has 23 heavy (non-hydrogen) atoms. The van der Waals surface area contributed by atoms with Gasteiger partial charge in [0.25, 0.3) is 0 Å². The number of hydrogen-bond acceptors (Lipinski definition) is 3. The molecule has 3 atom stereocenters. The molecule has 128 valence electrons. The van der Waals surface area contributed by atoms with Crippen molar-refractivity contribution in [2.45, 2.75) is 48.7 Å². The number of carboxylic acids is 2. The molecule has 1 aromatic heterocycles. The quantitative estimate of drug-likeness (QED) is 0.644. The number of pyridine rings is 1. The minimum absolute atomic E-state index is 0.141. The van der Waals surface area contributed by atoms with E-state index < -0.39 is 22.2 Å². The van der Waals surface area contributed by atoms with Crippen LogP contribution in [0.2, 0.25) is 0 Å². The van der Waals surface area contributed by atoms with E-state index >= 15 is 0 Å². The number of alkyl halides is 3. The number of aromatic nitrogens is 1. The van der Waals surface area contributed by atoms with Gasteiger partial charge < -0.3 is 10.2 Å². The molecule has 0 amide bonds. The van der Waals surface area contributed by atoms with Gasteiger partial charge in [-0.3, -0.25) is 0 Å². The van der Waals surface area contributed by atoms with Gasteiger partial charge in [0.1, 0.15) is 11.4 Å². The van der Waals surface area contributed by atoms with Crippen LogP contribution in [0.3, 0.4) is 0 Å². The van der Waals surface area contributed by atoms with Crippen LogP contribution in [-0.2, 0) is 0 Å². The van der Waals surface area contributed by atoms with Gasteiger partial charge in [-0.25, -0.2) is 14.6 Å². The maximum Gasteiger partial charge on any atom is 0.354 e. The molecule has 0 aliphatic carbocycles. The minimum atomic E-state index is -1.32. The first-order valence-electron chi connectivity index (χ1n) is 7.03. The van der Waals surface area contributed by atoms with Crippen LogP contribution >= 0.6 is 34.8 Å². The SMILES string of the molecule is CCC(Cl)(CC(C)Cl)CC(Cl)c1cc(C(=O)O)nc(C(=O)O)c1. The van der Waals surface area contributed by atoms with Crippen molar-refractivity contribution in [3.05, 3.63) is 29.1 Å². The first-order chi connectivity index (χ1) is 10.6. The molecule has 0 spiro atoms. The molecule has 0 bridgehead atoms. The van der Waals surface area contributed by atoms with Crippen LogP contribution < -0.4 is 0 Å². The van der Waals surface area contributed by atoms with Crippen molar-refractivity contribution in [3.63, 3.8) is 0 Å². The Morgan fingerprint density at radius 1 is 1.17 bits per heavy atom. The van der Waals surface area contributed by atoms with Gasteiger partial charge in [-0.1, -0.05) is 6.92 Å². The molecule has 0 aliphatic heterocycles. The highest BCUT2D eigenvalue weighted by Gasteiger charge is 2.31. The van der Waals surface area contributed by atoms with E-state index in [1.807, 2.05) is 13.8 Å². The van der Waals surface area contributed by atoms with E-state index in [1.54, 1.807) is 0 Å². The van der Waals surface area contributed by atoms with E-state index in [9.17, 15) is 9.59 Å². The lowest BCUT2D eigenvalue weighted by Crippen LogP contribution is -2.25. The summed E-state index contributed by atoms with van der Waals surface area (Å²) in [4.78, 5) is 25.1. The fraction of sp³-hybridized carbons (Fsp3) is 0.533. The summed E-state index contributed by atoms with van der Waals surface area (Å²) in [7, 11) is 0. The number of halogens is 3. The van der Waals surface area contributed by atoms with Gasteiger partial charge in [-0.05, 0) is 43.9 Å². The number of hydrogen-bond donors (Lipinski definition) is 2. The second-order valence-electron chi connectivity index (χ2n) is 5.44. The third-order valence-corrected chi connectivity index (χ3v) is 4.61. The van der Waals surface area contributed by atoms with Gasteiger partial charge >= 0.3 is 11.9 Å². The summed E-state index contributed by atoms with van der Waals surface area (Å²) in [5, 5.41) is 17.3. The zero-order valence-corrected chi connectivity index (χ0v) is 15.0. The highest BCUT2D eigenvalue weighted by atomic mass is 35.5. The van der Waals surface area contributed by atoms with E-state index in [0.29, 0.717) is 24.8 Å². The molecule has 2 N–H and O–H groups in total. The van der Waals surface area contributed by atoms with Gasteiger partial charge in [0, 0.05) is 10.3 Å². The Bertz CT molecular complexity index is 562. The Morgan fingerprint density at radius 3 is 2.00 bits per heavy atom. The van der Waals surface area contributed by atoms with Crippen LogP contribution in [0.5, 0.6) is 0 Å². The third-order valence-electron chi connectivity index (χ3n) is 3.47. The topological polar surface area (TPSA) is 87.5 Å². The Kier molecular flexibility index (Phi) is 7.11. The molecule has 0 aliphatic rings. The average Bonchev–Trinajstić information content (AvgIpc) is 2.45. The molecule has 5 nitrogen and oxygen atoms in total. The average molecular weight is 383 g/mol. The molecule has 0 aromatic carbocycles. The van der Waals surface area contributed by atoms with Crippen LogP contribution in [0.1, 0.15) is 65.0 Å². The molecular weight excluding hydrogens is 365 g/mol. The Morgan fingerprint density at radius 2 is 1.65 bits per heavy atom. The highest BCUT2D eigenvalue weighted by molar-refractivity contribution is 6.27. The van der Waals surface area contributed by atoms with Crippen molar-refractivity contribution >= 4 is 46.7 Å². The van der Waals surface area contributed by atoms with Gasteiger partial charge in [-0.2, -0.15) is 0 Å². The number of carboxylic acid groups (broad SMARTS) is 2. The van der Waals surface area contributed by atoms with Crippen molar-refractivity contribution in [1.29, 1.82) is 0 Å². The number of rotatable bonds is 8. The predicted octanol–water partition coefficient (Wildman–Crippen LogP) is 4.55. The summed E-state index contributed by atoms with van der Waals surface area (Å²) in [5.74, 6) is -2.64. The number of carbonyl (C=O) groups is 2. The molecule has 0 saturated heterocycles. The van der Waals surface area contributed by atoms with E-state index in [2.05, 4.69) is 4.98 Å². The zero-order chi connectivity index (χ0) is 17.8. The first kappa shape index (κ1) is 20.0. The lowest BCUT2D eigenvalue weighted by atomic mass is 9.91. The smallest absolute Gasteiger partial charge is 0.354 e. The van der Waals surface area contributed by atoms with Crippen molar-refractivity contribution in [3.8, 4) is 0 Å². The fourth-order valence-electron chi connectivity index (χ4n) is 2.27. The minimum Gasteiger partial charge on any atom is -0.477 e. The second-order valence-corrected chi connectivity index (χ2v) is 7.52. The van der Waals surface area contributed by atoms with Crippen molar-refractivity contribution in [2.24, 2.45) is 0 Å². The van der Waals surface area contributed by atoms with E-state index in [1.165, 1.54) is 12.1 Å². The van der Waals surface area contributed by atoms with Crippen LogP contribution in [0.15, 0.2) is 12.1 Å². The van der Waals surface area contributed by atoms with Crippen molar-refractivity contribution in [2.75, 3.05) is 0 Å². The Labute approximate surface area is 149 Å². The summed E-state index contributed by atoms with van der Waals surface area (Å²) in [6, 6.07) is 2.53. The van der Waals surface area contributed by atoms with Crippen LogP contribution in [-0.4, -0.2) is 37.4 Å². The monoisotopic (exact) mass is 381 g/mol. The molecule has 1 heterocycles. The van der Waals surface area contributed by atoms with Gasteiger partial charge in [0.05, 0.1) is 5.38 Å². The lowest BCUT2D eigenvalue weighted by Gasteiger charge is -2.29. The molecule has 0 radical (unpaired) electrons. The summed E-state index contributed by atoms with van der Waals surface area (Å²) >= 11 is 18.9. The van der Waals surface area contributed by atoms with Gasteiger partial charge in [0.15, 0.2) is 0 Å². The highest BCUT2D eigenvalue weighted by Crippen LogP contribution is 2.39. The normalized spacial score (nSPS) is 16.4. The predicted molar refractivity (Wildman–Crippen MR) is 90.2 cm³/mol. The number of nitrogens with zero attached hydrogens (tertiary/aromatic N) is 1. The molecular formula is C15H18Cl3NO4. The lowest BCUT2D eigenvalue weighted by molar-refractivity contribution is 0.0685. The third kappa shape index (κ3) is 5.83. The Balaban J connectivity index is 3.13. The fourth-order valence-corrected chi connectivity index (χ4v) is 3.53. The summed E-state index contributed by atoms with van der Waals surface area (Å²) in [6.45, 7) is 3.74. The maximum absolute atomic E-state index is 11.1. The molecule has 0 saturated carbocycles. The van der Waals surface area contributed by atoms with Crippen LogP contribution in [0, 0.1) is 0 Å².